The van der Waals surface area contributed by atoms with Crippen molar-refractivity contribution in [1.29, 1.82) is 0 Å². The summed E-state index contributed by atoms with van der Waals surface area (Å²) in [5.41, 5.74) is 0. The van der Waals surface area contributed by atoms with Gasteiger partial charge in [-0.25, -0.2) is 0 Å². The number of nitrogens with zero attached hydrogens (tertiary/aromatic N) is 1. The van der Waals surface area contributed by atoms with Crippen LogP contribution in [0.2, 0.25) is 0 Å². The third-order valence-electron chi connectivity index (χ3n) is 8.13. The number of quaternary nitrogens is 1. The van der Waals surface area contributed by atoms with Crippen molar-refractivity contribution in [2.75, 3.05) is 47.5 Å². The average molecular weight is 678 g/mol. The maximum absolute atomic E-state index is 12.6. The minimum atomic E-state index is -4.60. The molecule has 0 spiro atoms. The van der Waals surface area contributed by atoms with Gasteiger partial charge in [-0.3, -0.25) is 14.2 Å². The Labute approximate surface area is 283 Å². The first-order chi connectivity index (χ1) is 22.0. The highest BCUT2D eigenvalue weighted by atomic mass is 31.2. The van der Waals surface area contributed by atoms with Gasteiger partial charge >= 0.3 is 11.9 Å². The molecule has 0 rings (SSSR count). The van der Waals surface area contributed by atoms with Crippen LogP contribution in [0, 0.1) is 0 Å². The molecule has 0 saturated heterocycles. The van der Waals surface area contributed by atoms with Gasteiger partial charge < -0.3 is 27.9 Å². The van der Waals surface area contributed by atoms with Crippen LogP contribution in [-0.4, -0.2) is 70.0 Å². The van der Waals surface area contributed by atoms with Gasteiger partial charge in [-0.2, -0.15) is 0 Å². The molecule has 46 heavy (non-hydrogen) atoms. The molecule has 0 aliphatic heterocycles. The second-order valence-electron chi connectivity index (χ2n) is 14.0. The zero-order valence-electron chi connectivity index (χ0n) is 30.5. The molecule has 10 heteroatoms. The number of rotatable bonds is 34. The molecular weight excluding hydrogens is 605 g/mol. The molecule has 0 N–H and O–H groups in total. The van der Waals surface area contributed by atoms with Crippen molar-refractivity contribution in [3.05, 3.63) is 0 Å². The van der Waals surface area contributed by atoms with Gasteiger partial charge in [0.25, 0.3) is 7.82 Å². The predicted molar refractivity (Wildman–Crippen MR) is 185 cm³/mol. The van der Waals surface area contributed by atoms with Crippen LogP contribution < -0.4 is 4.89 Å². The molecule has 0 fully saturated rings. The first kappa shape index (κ1) is 45.0. The number of hydrogen-bond donors (Lipinski definition) is 0. The van der Waals surface area contributed by atoms with Crippen LogP contribution in [-0.2, 0) is 32.7 Å². The highest BCUT2D eigenvalue weighted by molar-refractivity contribution is 7.45. The van der Waals surface area contributed by atoms with E-state index in [1.54, 1.807) is 0 Å². The average Bonchev–Trinajstić information content (AvgIpc) is 2.99. The van der Waals surface area contributed by atoms with Gasteiger partial charge in [0.1, 0.15) is 19.8 Å². The van der Waals surface area contributed by atoms with Crippen LogP contribution >= 0.6 is 7.82 Å². The Morgan fingerprint density at radius 2 is 0.978 bits per heavy atom. The van der Waals surface area contributed by atoms with E-state index in [-0.39, 0.29) is 32.0 Å². The molecule has 0 saturated carbocycles. The Hall–Kier alpha value is -0.990. The molecule has 274 valence electrons. The molecular formula is C36H72NO8P. The number of carbonyl (C=O) groups is 2. The van der Waals surface area contributed by atoms with Gasteiger partial charge in [-0.15, -0.1) is 0 Å². The summed E-state index contributed by atoms with van der Waals surface area (Å²) in [4.78, 5) is 37.1. The van der Waals surface area contributed by atoms with Gasteiger partial charge in [-0.1, -0.05) is 142 Å². The maximum atomic E-state index is 12.6. The first-order valence-corrected chi connectivity index (χ1v) is 20.2. The fourth-order valence-corrected chi connectivity index (χ4v) is 5.85. The van der Waals surface area contributed by atoms with Gasteiger partial charge in [0.15, 0.2) is 6.10 Å². The summed E-state index contributed by atoms with van der Waals surface area (Å²) in [6.45, 7) is 4.16. The number of ether oxygens (including phenoxy) is 2. The van der Waals surface area contributed by atoms with E-state index in [1.807, 2.05) is 21.1 Å². The predicted octanol–water partition coefficient (Wildman–Crippen LogP) is 9.05. The number of carbonyl (C=O) groups excluding carboxylic acids is 2. The Morgan fingerprint density at radius 3 is 1.39 bits per heavy atom. The number of hydrogen-bond acceptors (Lipinski definition) is 8. The lowest BCUT2D eigenvalue weighted by molar-refractivity contribution is -0.870. The third-order valence-corrected chi connectivity index (χ3v) is 9.09. The van der Waals surface area contributed by atoms with E-state index in [4.69, 9.17) is 18.5 Å². The quantitative estimate of drug-likeness (QED) is 0.0287. The molecule has 0 aromatic carbocycles. The summed E-state index contributed by atoms with van der Waals surface area (Å²) in [5.74, 6) is -0.837. The van der Waals surface area contributed by atoms with Gasteiger partial charge in [0.05, 0.1) is 27.7 Å². The molecule has 0 aliphatic rings. The number of unbranched alkanes of at least 4 members (excludes halogenated alkanes) is 20. The van der Waals surface area contributed by atoms with E-state index in [0.717, 1.165) is 38.5 Å². The van der Waals surface area contributed by atoms with Crippen molar-refractivity contribution in [3.8, 4) is 0 Å². The summed E-state index contributed by atoms with van der Waals surface area (Å²) in [6.07, 6.45) is 25.8. The van der Waals surface area contributed by atoms with Crippen molar-refractivity contribution >= 4 is 19.8 Å². The monoisotopic (exact) mass is 677 g/mol. The lowest BCUT2D eigenvalue weighted by Gasteiger charge is -2.28. The van der Waals surface area contributed by atoms with Crippen molar-refractivity contribution in [3.63, 3.8) is 0 Å². The molecule has 9 nitrogen and oxygen atoms in total. The molecule has 0 amide bonds. The fourth-order valence-electron chi connectivity index (χ4n) is 5.12. The molecule has 0 heterocycles. The molecule has 0 aliphatic carbocycles. The van der Waals surface area contributed by atoms with Gasteiger partial charge in [0, 0.05) is 12.8 Å². The Kier molecular flexibility index (Phi) is 29.4. The van der Waals surface area contributed by atoms with E-state index < -0.39 is 26.5 Å². The van der Waals surface area contributed by atoms with Crippen LogP contribution in [0.1, 0.15) is 168 Å². The van der Waals surface area contributed by atoms with E-state index in [1.165, 1.54) is 96.3 Å². The zero-order chi connectivity index (χ0) is 34.4. The summed E-state index contributed by atoms with van der Waals surface area (Å²) >= 11 is 0. The summed E-state index contributed by atoms with van der Waals surface area (Å²) in [6, 6.07) is 0. The molecule has 0 aromatic heterocycles. The smallest absolute Gasteiger partial charge is 0.306 e. The zero-order valence-corrected chi connectivity index (χ0v) is 31.4. The van der Waals surface area contributed by atoms with E-state index in [9.17, 15) is 19.0 Å². The lowest BCUT2D eigenvalue weighted by Crippen LogP contribution is -2.37. The Bertz CT molecular complexity index is 774. The van der Waals surface area contributed by atoms with E-state index in [2.05, 4.69) is 13.8 Å². The lowest BCUT2D eigenvalue weighted by atomic mass is 10.0. The molecule has 1 unspecified atom stereocenters. The molecule has 2 atom stereocenters. The van der Waals surface area contributed by atoms with Crippen LogP contribution in [0.25, 0.3) is 0 Å². The van der Waals surface area contributed by atoms with Crippen LogP contribution in [0.5, 0.6) is 0 Å². The van der Waals surface area contributed by atoms with Crippen LogP contribution in [0.4, 0.5) is 0 Å². The normalized spacial score (nSPS) is 13.8. The van der Waals surface area contributed by atoms with Crippen molar-refractivity contribution < 1.29 is 42.1 Å². The van der Waals surface area contributed by atoms with E-state index >= 15 is 0 Å². The second kappa shape index (κ2) is 30.1. The first-order valence-electron chi connectivity index (χ1n) is 18.7. The largest absolute Gasteiger partial charge is 0.756 e. The van der Waals surface area contributed by atoms with Crippen LogP contribution in [0.3, 0.4) is 0 Å². The molecule has 0 bridgehead atoms. The summed E-state index contributed by atoms with van der Waals surface area (Å²) < 4.78 is 33.6. The van der Waals surface area contributed by atoms with Gasteiger partial charge in [-0.05, 0) is 12.8 Å². The van der Waals surface area contributed by atoms with E-state index in [0.29, 0.717) is 17.4 Å². The minimum Gasteiger partial charge on any atom is -0.756 e. The highest BCUT2D eigenvalue weighted by Crippen LogP contribution is 2.38. The third kappa shape index (κ3) is 32.9. The number of phosphoric ester groups is 1. The summed E-state index contributed by atoms with van der Waals surface area (Å²) in [5, 5.41) is 0. The SMILES string of the molecule is CCCCCCCCCCCCCCCCCCC(=O)O[C@H](COC(=O)CCCCCCCC)COP(=O)([O-])OCC[N+](C)(C)C. The number of likely N-dealkylation sites (N-methyl/N-ethyl adjacent to an activating group) is 1. The number of esters is 2. The van der Waals surface area contributed by atoms with Crippen molar-refractivity contribution in [2.24, 2.45) is 0 Å². The molecule has 0 aromatic rings. The Morgan fingerprint density at radius 1 is 0.587 bits per heavy atom. The maximum Gasteiger partial charge on any atom is 0.306 e. The van der Waals surface area contributed by atoms with Crippen molar-refractivity contribution in [2.45, 2.75) is 174 Å². The minimum absolute atomic E-state index is 0.0266. The summed E-state index contributed by atoms with van der Waals surface area (Å²) in [7, 11) is 1.17. The standard InChI is InChI=1S/C36H72NO8P/c1-6-8-10-12-14-15-16-17-18-19-20-21-22-23-25-27-29-36(39)45-34(32-42-35(38)28-26-24-13-11-9-7-2)33-44-46(40,41)43-31-30-37(3,4)5/h34H,6-33H2,1-5H3/t34-/m1/s1. The highest BCUT2D eigenvalue weighted by Gasteiger charge is 2.21. The topological polar surface area (TPSA) is 111 Å². The molecule has 0 radical (unpaired) electrons. The fraction of sp³-hybridized carbons (Fsp3) is 0.944. The van der Waals surface area contributed by atoms with Crippen LogP contribution in [0.15, 0.2) is 0 Å². The Balaban J connectivity index is 4.30. The van der Waals surface area contributed by atoms with Crippen molar-refractivity contribution in [1.82, 2.24) is 0 Å². The second-order valence-corrected chi connectivity index (χ2v) is 15.4. The van der Waals surface area contributed by atoms with Gasteiger partial charge in [0.2, 0.25) is 0 Å². The number of phosphoric acid groups is 1.